The van der Waals surface area contributed by atoms with Gasteiger partial charge in [-0.2, -0.15) is 0 Å². The highest BCUT2D eigenvalue weighted by molar-refractivity contribution is 5.84. The third-order valence-electron chi connectivity index (χ3n) is 4.10. The molecule has 1 aromatic rings. The number of benzene rings is 1. The van der Waals surface area contributed by atoms with Gasteiger partial charge in [-0.1, -0.05) is 0 Å². The summed E-state index contributed by atoms with van der Waals surface area (Å²) in [6, 6.07) is 3.90. The Hall–Kier alpha value is -1.55. The fourth-order valence-corrected chi connectivity index (χ4v) is 2.57. The molecular weight excluding hydrogens is 254 g/mol. The molecule has 1 aliphatic carbocycles. The molecule has 20 heavy (non-hydrogen) atoms. The van der Waals surface area contributed by atoms with E-state index in [4.69, 9.17) is 15.2 Å². The fraction of sp³-hybridized carbons (Fsp3) is 0.562. The lowest BCUT2D eigenvalue weighted by Gasteiger charge is -2.29. The van der Waals surface area contributed by atoms with Crippen molar-refractivity contribution in [3.05, 3.63) is 28.8 Å². The van der Waals surface area contributed by atoms with Crippen molar-refractivity contribution in [3.8, 4) is 5.75 Å². The van der Waals surface area contributed by atoms with E-state index in [-0.39, 0.29) is 11.9 Å². The second-order valence-corrected chi connectivity index (χ2v) is 5.50. The highest BCUT2D eigenvalue weighted by atomic mass is 16.5. The molecular formula is C16H23NO3. The topological polar surface area (TPSA) is 61.5 Å². The zero-order chi connectivity index (χ0) is 14.9. The average Bonchev–Trinajstić information content (AvgIpc) is 3.25. The Labute approximate surface area is 120 Å². The van der Waals surface area contributed by atoms with E-state index < -0.39 is 5.54 Å². The Bertz CT molecular complexity index is 523. The van der Waals surface area contributed by atoms with Crippen LogP contribution in [0.4, 0.5) is 0 Å². The smallest absolute Gasteiger partial charge is 0.331 e. The Morgan fingerprint density at radius 2 is 1.95 bits per heavy atom. The number of aryl methyl sites for hydroxylation is 2. The molecule has 0 aliphatic heterocycles. The standard InChI is InChI=1S/C16H23NO3/c1-5-20-15(18)16(17,12-6-7-12)13-8-10(2)11(3)9-14(13)19-4/h8-9,12H,5-7,17H2,1-4H3. The van der Waals surface area contributed by atoms with Gasteiger partial charge in [0.15, 0.2) is 0 Å². The molecule has 0 amide bonds. The number of carbonyl (C=O) groups is 1. The van der Waals surface area contributed by atoms with Crippen molar-refractivity contribution in [1.82, 2.24) is 0 Å². The van der Waals surface area contributed by atoms with E-state index in [0.29, 0.717) is 12.4 Å². The van der Waals surface area contributed by atoms with E-state index in [1.165, 1.54) is 0 Å². The molecule has 4 nitrogen and oxygen atoms in total. The van der Waals surface area contributed by atoms with Gasteiger partial charge in [-0.15, -0.1) is 0 Å². The highest BCUT2D eigenvalue weighted by Gasteiger charge is 2.52. The van der Waals surface area contributed by atoms with Gasteiger partial charge in [0.1, 0.15) is 11.3 Å². The third-order valence-corrected chi connectivity index (χ3v) is 4.10. The third kappa shape index (κ3) is 2.40. The van der Waals surface area contributed by atoms with Gasteiger partial charge in [0.25, 0.3) is 0 Å². The van der Waals surface area contributed by atoms with Gasteiger partial charge in [-0.3, -0.25) is 0 Å². The predicted octanol–water partition coefficient (Wildman–Crippen LogP) is 2.44. The summed E-state index contributed by atoms with van der Waals surface area (Å²) in [6.07, 6.45) is 1.90. The zero-order valence-electron chi connectivity index (χ0n) is 12.7. The fourth-order valence-electron chi connectivity index (χ4n) is 2.57. The number of methoxy groups -OCH3 is 1. The molecule has 1 saturated carbocycles. The Morgan fingerprint density at radius 1 is 1.35 bits per heavy atom. The molecule has 0 heterocycles. The number of esters is 1. The maximum atomic E-state index is 12.4. The minimum atomic E-state index is -1.10. The van der Waals surface area contributed by atoms with E-state index in [0.717, 1.165) is 29.5 Å². The Balaban J connectivity index is 2.54. The van der Waals surface area contributed by atoms with Crippen LogP contribution in [0.1, 0.15) is 36.5 Å². The van der Waals surface area contributed by atoms with Crippen molar-refractivity contribution in [2.75, 3.05) is 13.7 Å². The molecule has 0 radical (unpaired) electrons. The van der Waals surface area contributed by atoms with Crippen LogP contribution >= 0.6 is 0 Å². The number of nitrogens with two attached hydrogens (primary N) is 1. The molecule has 1 aromatic carbocycles. The second-order valence-electron chi connectivity index (χ2n) is 5.50. The van der Waals surface area contributed by atoms with E-state index in [1.54, 1.807) is 14.0 Å². The van der Waals surface area contributed by atoms with E-state index >= 15 is 0 Å². The predicted molar refractivity (Wildman–Crippen MR) is 77.7 cm³/mol. The van der Waals surface area contributed by atoms with Gasteiger partial charge in [-0.25, -0.2) is 4.79 Å². The molecule has 2 rings (SSSR count). The zero-order valence-corrected chi connectivity index (χ0v) is 12.7. The minimum Gasteiger partial charge on any atom is -0.496 e. The molecule has 4 heteroatoms. The van der Waals surface area contributed by atoms with Crippen molar-refractivity contribution in [1.29, 1.82) is 0 Å². The Morgan fingerprint density at radius 3 is 2.45 bits per heavy atom. The number of hydrogen-bond donors (Lipinski definition) is 1. The maximum Gasteiger partial charge on any atom is 0.331 e. The quantitative estimate of drug-likeness (QED) is 0.840. The SMILES string of the molecule is CCOC(=O)C(N)(c1cc(C)c(C)cc1OC)C1CC1. The molecule has 1 fully saturated rings. The number of carbonyl (C=O) groups excluding carboxylic acids is 1. The average molecular weight is 277 g/mol. The van der Waals surface area contributed by atoms with Crippen LogP contribution in [0.5, 0.6) is 5.75 Å². The van der Waals surface area contributed by atoms with Gasteiger partial charge in [0.2, 0.25) is 0 Å². The number of rotatable bonds is 5. The van der Waals surface area contributed by atoms with Crippen LogP contribution in [0, 0.1) is 19.8 Å². The highest BCUT2D eigenvalue weighted by Crippen LogP contribution is 2.47. The van der Waals surface area contributed by atoms with Gasteiger partial charge in [0, 0.05) is 5.56 Å². The lowest BCUT2D eigenvalue weighted by molar-refractivity contribution is -0.151. The summed E-state index contributed by atoms with van der Waals surface area (Å²) in [5, 5.41) is 0. The summed E-state index contributed by atoms with van der Waals surface area (Å²) in [5.74, 6) is 0.442. The minimum absolute atomic E-state index is 0.137. The second kappa shape index (κ2) is 5.44. The van der Waals surface area contributed by atoms with Gasteiger partial charge in [0.05, 0.1) is 13.7 Å². The lowest BCUT2D eigenvalue weighted by atomic mass is 9.83. The first-order chi connectivity index (χ1) is 9.44. The number of ether oxygens (including phenoxy) is 2. The van der Waals surface area contributed by atoms with Crippen LogP contribution in [0.15, 0.2) is 12.1 Å². The van der Waals surface area contributed by atoms with Crippen molar-refractivity contribution in [2.45, 2.75) is 39.2 Å². The molecule has 1 unspecified atom stereocenters. The van der Waals surface area contributed by atoms with Crippen LogP contribution < -0.4 is 10.5 Å². The Kier molecular flexibility index (Phi) is 4.04. The van der Waals surface area contributed by atoms with E-state index in [9.17, 15) is 4.79 Å². The van der Waals surface area contributed by atoms with Gasteiger partial charge >= 0.3 is 5.97 Å². The molecule has 1 aliphatic rings. The van der Waals surface area contributed by atoms with Gasteiger partial charge < -0.3 is 15.2 Å². The normalized spacial score (nSPS) is 17.4. The molecule has 0 aromatic heterocycles. The summed E-state index contributed by atoms with van der Waals surface area (Å²) in [4.78, 5) is 12.4. The summed E-state index contributed by atoms with van der Waals surface area (Å²) < 4.78 is 10.7. The maximum absolute atomic E-state index is 12.4. The van der Waals surface area contributed by atoms with Gasteiger partial charge in [-0.05, 0) is 62.8 Å². The van der Waals surface area contributed by atoms with Crippen molar-refractivity contribution in [3.63, 3.8) is 0 Å². The van der Waals surface area contributed by atoms with Crippen molar-refractivity contribution < 1.29 is 14.3 Å². The van der Waals surface area contributed by atoms with E-state index in [2.05, 4.69) is 0 Å². The molecule has 110 valence electrons. The van der Waals surface area contributed by atoms with E-state index in [1.807, 2.05) is 26.0 Å². The van der Waals surface area contributed by atoms with Crippen LogP contribution in [0.2, 0.25) is 0 Å². The lowest BCUT2D eigenvalue weighted by Crippen LogP contribution is -2.48. The van der Waals surface area contributed by atoms with Crippen molar-refractivity contribution >= 4 is 5.97 Å². The first-order valence-corrected chi connectivity index (χ1v) is 7.06. The van der Waals surface area contributed by atoms with Crippen LogP contribution in [-0.2, 0) is 15.1 Å². The summed E-state index contributed by atoms with van der Waals surface area (Å²) in [5.41, 5.74) is 8.35. The summed E-state index contributed by atoms with van der Waals surface area (Å²) in [7, 11) is 1.60. The van der Waals surface area contributed by atoms with Crippen LogP contribution in [0.3, 0.4) is 0 Å². The molecule has 0 bridgehead atoms. The van der Waals surface area contributed by atoms with Crippen molar-refractivity contribution in [2.24, 2.45) is 11.7 Å². The summed E-state index contributed by atoms with van der Waals surface area (Å²) in [6.45, 7) is 6.15. The molecule has 2 N–H and O–H groups in total. The summed E-state index contributed by atoms with van der Waals surface area (Å²) >= 11 is 0. The molecule has 0 spiro atoms. The first-order valence-electron chi connectivity index (χ1n) is 7.06. The van der Waals surface area contributed by atoms with Crippen LogP contribution in [0.25, 0.3) is 0 Å². The largest absolute Gasteiger partial charge is 0.496 e. The molecule has 0 saturated heterocycles. The number of hydrogen-bond acceptors (Lipinski definition) is 4. The molecule has 1 atom stereocenters. The first kappa shape index (κ1) is 14.9. The monoisotopic (exact) mass is 277 g/mol. The van der Waals surface area contributed by atoms with Crippen LogP contribution in [-0.4, -0.2) is 19.7 Å².